The number of hydrogen-bond acceptors (Lipinski definition) is 3. The molecule has 0 aromatic heterocycles. The molecule has 0 heterocycles. The van der Waals surface area contributed by atoms with E-state index in [-0.39, 0.29) is 11.9 Å². The van der Waals surface area contributed by atoms with Crippen LogP contribution in [0.5, 0.6) is 0 Å². The summed E-state index contributed by atoms with van der Waals surface area (Å²) < 4.78 is 0. The van der Waals surface area contributed by atoms with Crippen molar-refractivity contribution in [3.63, 3.8) is 0 Å². The maximum Gasteiger partial charge on any atom is 0.234 e. The van der Waals surface area contributed by atoms with Gasteiger partial charge in [-0.05, 0) is 26.6 Å². The first-order valence-corrected chi connectivity index (χ1v) is 6.29. The molecule has 1 amide bonds. The predicted molar refractivity (Wildman–Crippen MR) is 74.4 cm³/mol. The Labute approximate surface area is 109 Å². The molecule has 2 N–H and O–H groups in total. The van der Waals surface area contributed by atoms with Gasteiger partial charge in [0.1, 0.15) is 0 Å². The van der Waals surface area contributed by atoms with E-state index >= 15 is 0 Å². The van der Waals surface area contributed by atoms with Crippen molar-refractivity contribution in [2.24, 2.45) is 0 Å². The summed E-state index contributed by atoms with van der Waals surface area (Å²) in [7, 11) is 4.03. The molecule has 0 saturated carbocycles. The number of rotatable bonds is 7. The fraction of sp³-hybridized carbons (Fsp3) is 0.500. The summed E-state index contributed by atoms with van der Waals surface area (Å²) >= 11 is 0. The van der Waals surface area contributed by atoms with E-state index in [4.69, 9.17) is 0 Å². The number of likely N-dealkylation sites (N-methyl/N-ethyl adjacent to an activating group) is 1. The summed E-state index contributed by atoms with van der Waals surface area (Å²) in [4.78, 5) is 13.8. The van der Waals surface area contributed by atoms with Gasteiger partial charge in [-0.1, -0.05) is 30.3 Å². The molecule has 4 nitrogen and oxygen atoms in total. The highest BCUT2D eigenvalue weighted by atomic mass is 16.1. The third kappa shape index (κ3) is 5.80. The van der Waals surface area contributed by atoms with Crippen LogP contribution in [0, 0.1) is 0 Å². The van der Waals surface area contributed by atoms with Crippen molar-refractivity contribution in [2.45, 2.75) is 13.0 Å². The van der Waals surface area contributed by atoms with E-state index in [1.165, 1.54) is 0 Å². The van der Waals surface area contributed by atoms with Gasteiger partial charge in [0.15, 0.2) is 0 Å². The minimum atomic E-state index is 0.0325. The van der Waals surface area contributed by atoms with Gasteiger partial charge >= 0.3 is 0 Å². The molecular formula is C14H23N3O. The first-order valence-electron chi connectivity index (χ1n) is 6.29. The molecule has 1 unspecified atom stereocenters. The van der Waals surface area contributed by atoms with Gasteiger partial charge in [-0.25, -0.2) is 0 Å². The Hall–Kier alpha value is -1.39. The van der Waals surface area contributed by atoms with Crippen LogP contribution >= 0.6 is 0 Å². The summed E-state index contributed by atoms with van der Waals surface area (Å²) in [6.45, 7) is 4.11. The van der Waals surface area contributed by atoms with Gasteiger partial charge in [-0.2, -0.15) is 0 Å². The van der Waals surface area contributed by atoms with Crippen molar-refractivity contribution >= 4 is 5.91 Å². The Morgan fingerprint density at radius 3 is 2.56 bits per heavy atom. The molecule has 0 saturated heterocycles. The van der Waals surface area contributed by atoms with Crippen LogP contribution in [0.2, 0.25) is 0 Å². The largest absolute Gasteiger partial charge is 0.348 e. The Kier molecular flexibility index (Phi) is 6.39. The molecule has 0 radical (unpaired) electrons. The Morgan fingerprint density at radius 2 is 1.94 bits per heavy atom. The quantitative estimate of drug-likeness (QED) is 0.709. The van der Waals surface area contributed by atoms with E-state index < -0.39 is 0 Å². The van der Waals surface area contributed by atoms with Gasteiger partial charge < -0.3 is 15.5 Å². The minimum Gasteiger partial charge on any atom is -0.348 e. The predicted octanol–water partition coefficient (Wildman–Crippen LogP) is 1.02. The first-order chi connectivity index (χ1) is 8.59. The second-order valence-electron chi connectivity index (χ2n) is 4.68. The number of hydrogen-bond donors (Lipinski definition) is 2. The molecule has 0 aliphatic rings. The smallest absolute Gasteiger partial charge is 0.234 e. The number of carbonyl (C=O) groups excluding carboxylic acids is 1. The van der Waals surface area contributed by atoms with E-state index in [9.17, 15) is 4.79 Å². The minimum absolute atomic E-state index is 0.0325. The average molecular weight is 249 g/mol. The summed E-state index contributed by atoms with van der Waals surface area (Å²) in [6.07, 6.45) is 0. The van der Waals surface area contributed by atoms with Crippen LogP contribution in [0.3, 0.4) is 0 Å². The van der Waals surface area contributed by atoms with Crippen LogP contribution in [0.4, 0.5) is 0 Å². The third-order valence-corrected chi connectivity index (χ3v) is 2.70. The van der Waals surface area contributed by atoms with Crippen molar-refractivity contribution in [2.75, 3.05) is 33.7 Å². The standard InChI is InChI=1S/C14H23N3O/c1-12(13-7-5-4-6-8-13)16-14(18)11-15-9-10-17(2)3/h4-8,12,15H,9-11H2,1-3H3,(H,16,18). The average Bonchev–Trinajstić information content (AvgIpc) is 2.35. The lowest BCUT2D eigenvalue weighted by Crippen LogP contribution is -2.37. The maximum absolute atomic E-state index is 11.7. The zero-order valence-corrected chi connectivity index (χ0v) is 11.4. The molecule has 0 fully saturated rings. The van der Waals surface area contributed by atoms with E-state index in [0.717, 1.165) is 18.7 Å². The molecular weight excluding hydrogens is 226 g/mol. The van der Waals surface area contributed by atoms with E-state index in [2.05, 4.69) is 15.5 Å². The fourth-order valence-electron chi connectivity index (χ4n) is 1.62. The van der Waals surface area contributed by atoms with Crippen molar-refractivity contribution in [3.8, 4) is 0 Å². The summed E-state index contributed by atoms with van der Waals surface area (Å²) in [5.74, 6) is 0.0325. The van der Waals surface area contributed by atoms with Crippen LogP contribution in [-0.4, -0.2) is 44.5 Å². The van der Waals surface area contributed by atoms with E-state index in [0.29, 0.717) is 6.54 Å². The van der Waals surface area contributed by atoms with Crippen LogP contribution in [-0.2, 0) is 4.79 Å². The lowest BCUT2D eigenvalue weighted by atomic mass is 10.1. The molecule has 0 spiro atoms. The van der Waals surface area contributed by atoms with Crippen LogP contribution in [0.25, 0.3) is 0 Å². The van der Waals surface area contributed by atoms with Crippen molar-refractivity contribution < 1.29 is 4.79 Å². The highest BCUT2D eigenvalue weighted by Gasteiger charge is 2.08. The van der Waals surface area contributed by atoms with E-state index in [1.54, 1.807) is 0 Å². The lowest BCUT2D eigenvalue weighted by molar-refractivity contribution is -0.120. The number of nitrogens with zero attached hydrogens (tertiary/aromatic N) is 1. The van der Waals surface area contributed by atoms with Crippen molar-refractivity contribution in [1.82, 2.24) is 15.5 Å². The lowest BCUT2D eigenvalue weighted by Gasteiger charge is -2.15. The second-order valence-corrected chi connectivity index (χ2v) is 4.68. The van der Waals surface area contributed by atoms with Gasteiger partial charge in [0.2, 0.25) is 5.91 Å². The molecule has 4 heteroatoms. The molecule has 0 aliphatic heterocycles. The molecule has 100 valence electrons. The maximum atomic E-state index is 11.7. The van der Waals surface area contributed by atoms with Gasteiger partial charge in [-0.15, -0.1) is 0 Å². The van der Waals surface area contributed by atoms with Gasteiger partial charge in [0, 0.05) is 13.1 Å². The molecule has 1 aromatic rings. The van der Waals surface area contributed by atoms with Gasteiger partial charge in [0.25, 0.3) is 0 Å². The molecule has 1 rings (SSSR count). The Balaban J connectivity index is 2.24. The fourth-order valence-corrected chi connectivity index (χ4v) is 1.62. The zero-order valence-electron chi connectivity index (χ0n) is 11.4. The second kappa shape index (κ2) is 7.84. The highest BCUT2D eigenvalue weighted by Crippen LogP contribution is 2.10. The zero-order chi connectivity index (χ0) is 13.4. The molecule has 0 bridgehead atoms. The Bertz CT molecular complexity index is 351. The molecule has 0 aliphatic carbocycles. The first kappa shape index (κ1) is 14.7. The number of benzene rings is 1. The topological polar surface area (TPSA) is 44.4 Å². The molecule has 18 heavy (non-hydrogen) atoms. The highest BCUT2D eigenvalue weighted by molar-refractivity contribution is 5.78. The van der Waals surface area contributed by atoms with E-state index in [1.807, 2.05) is 51.4 Å². The molecule has 1 atom stereocenters. The summed E-state index contributed by atoms with van der Waals surface area (Å²) in [5, 5.41) is 6.09. The summed E-state index contributed by atoms with van der Waals surface area (Å²) in [5.41, 5.74) is 1.12. The van der Waals surface area contributed by atoms with Crippen LogP contribution in [0.1, 0.15) is 18.5 Å². The normalized spacial score (nSPS) is 12.4. The Morgan fingerprint density at radius 1 is 1.28 bits per heavy atom. The number of amides is 1. The summed E-state index contributed by atoms with van der Waals surface area (Å²) in [6, 6.07) is 10.0. The molecule has 1 aromatic carbocycles. The van der Waals surface area contributed by atoms with Gasteiger partial charge in [-0.3, -0.25) is 4.79 Å². The SMILES string of the molecule is CC(NC(=O)CNCCN(C)C)c1ccccc1. The number of carbonyl (C=O) groups is 1. The third-order valence-electron chi connectivity index (χ3n) is 2.70. The van der Waals surface area contributed by atoms with Crippen LogP contribution in [0.15, 0.2) is 30.3 Å². The van der Waals surface area contributed by atoms with Crippen LogP contribution < -0.4 is 10.6 Å². The van der Waals surface area contributed by atoms with Crippen molar-refractivity contribution in [1.29, 1.82) is 0 Å². The number of nitrogens with one attached hydrogen (secondary N) is 2. The van der Waals surface area contributed by atoms with Gasteiger partial charge in [0.05, 0.1) is 12.6 Å². The van der Waals surface area contributed by atoms with Crippen molar-refractivity contribution in [3.05, 3.63) is 35.9 Å². The monoisotopic (exact) mass is 249 g/mol.